The summed E-state index contributed by atoms with van der Waals surface area (Å²) in [6, 6.07) is 7.86. The van der Waals surface area contributed by atoms with Crippen LogP contribution in [-0.4, -0.2) is 38.7 Å². The fraction of sp³-hybridized carbons (Fsp3) is 0.619. The number of guanidine groups is 1. The number of halogens is 1. The lowest BCUT2D eigenvalue weighted by atomic mass is 10.1. The summed E-state index contributed by atoms with van der Waals surface area (Å²) in [6.45, 7) is 11.1. The Morgan fingerprint density at radius 2 is 1.93 bits per heavy atom. The van der Waals surface area contributed by atoms with Crippen LogP contribution in [0.5, 0.6) is 0 Å². The Morgan fingerprint density at radius 1 is 1.18 bits per heavy atom. The van der Waals surface area contributed by atoms with E-state index in [1.807, 2.05) is 38.1 Å². The molecule has 28 heavy (non-hydrogen) atoms. The van der Waals surface area contributed by atoms with Gasteiger partial charge in [0.05, 0.1) is 6.61 Å². The van der Waals surface area contributed by atoms with Crippen molar-refractivity contribution in [2.45, 2.75) is 47.1 Å². The van der Waals surface area contributed by atoms with Gasteiger partial charge < -0.3 is 20.7 Å². The Morgan fingerprint density at radius 3 is 2.57 bits per heavy atom. The average molecular weight is 504 g/mol. The van der Waals surface area contributed by atoms with Gasteiger partial charge in [-0.1, -0.05) is 39.8 Å². The summed E-state index contributed by atoms with van der Waals surface area (Å²) >= 11 is 0. The van der Waals surface area contributed by atoms with Crippen molar-refractivity contribution in [2.75, 3.05) is 32.1 Å². The molecule has 0 fully saturated rings. The number of ether oxygens (including phenoxy) is 1. The third kappa shape index (κ3) is 11.5. The van der Waals surface area contributed by atoms with E-state index >= 15 is 0 Å². The number of benzene rings is 1. The Labute approximate surface area is 187 Å². The van der Waals surface area contributed by atoms with Crippen LogP contribution < -0.4 is 16.0 Å². The number of carbonyl (C=O) groups excluding carboxylic acids is 1. The van der Waals surface area contributed by atoms with Gasteiger partial charge >= 0.3 is 0 Å². The number of nitrogens with one attached hydrogen (secondary N) is 3. The Bertz CT molecular complexity index is 594. The van der Waals surface area contributed by atoms with E-state index in [1.165, 1.54) is 0 Å². The number of hydrogen-bond donors (Lipinski definition) is 3. The topological polar surface area (TPSA) is 74.8 Å². The molecule has 7 heteroatoms. The van der Waals surface area contributed by atoms with Crippen LogP contribution in [0.1, 0.15) is 46.1 Å². The van der Waals surface area contributed by atoms with E-state index in [-0.39, 0.29) is 35.8 Å². The molecule has 0 saturated carbocycles. The fourth-order valence-corrected chi connectivity index (χ4v) is 2.28. The highest BCUT2D eigenvalue weighted by Crippen LogP contribution is 2.13. The van der Waals surface area contributed by atoms with Gasteiger partial charge in [0, 0.05) is 38.3 Å². The molecule has 0 aliphatic carbocycles. The number of anilines is 1. The first kappa shape index (κ1) is 26.6. The van der Waals surface area contributed by atoms with Gasteiger partial charge in [-0.2, -0.15) is 0 Å². The van der Waals surface area contributed by atoms with E-state index in [2.05, 4.69) is 34.8 Å². The van der Waals surface area contributed by atoms with Gasteiger partial charge in [-0.05, 0) is 36.5 Å². The summed E-state index contributed by atoms with van der Waals surface area (Å²) in [6.07, 6.45) is 1.91. The number of nitrogens with zero attached hydrogens (tertiary/aromatic N) is 1. The zero-order chi connectivity index (χ0) is 20.1. The van der Waals surface area contributed by atoms with Crippen LogP contribution in [0.2, 0.25) is 0 Å². The molecule has 3 N–H and O–H groups in total. The summed E-state index contributed by atoms with van der Waals surface area (Å²) < 4.78 is 5.60. The van der Waals surface area contributed by atoms with Gasteiger partial charge in [0.1, 0.15) is 0 Å². The maximum absolute atomic E-state index is 12.0. The van der Waals surface area contributed by atoms with Crippen molar-refractivity contribution >= 4 is 41.5 Å². The second-order valence-corrected chi connectivity index (χ2v) is 7.15. The summed E-state index contributed by atoms with van der Waals surface area (Å²) in [5, 5.41) is 9.49. The van der Waals surface area contributed by atoms with Crippen molar-refractivity contribution in [3.8, 4) is 0 Å². The first-order valence-corrected chi connectivity index (χ1v) is 9.88. The molecule has 1 atom stereocenters. The lowest BCUT2D eigenvalue weighted by molar-refractivity contribution is -0.119. The van der Waals surface area contributed by atoms with Gasteiger partial charge in [-0.3, -0.25) is 9.79 Å². The summed E-state index contributed by atoms with van der Waals surface area (Å²) in [7, 11) is 1.75. The maximum atomic E-state index is 12.0. The minimum Gasteiger partial charge on any atom is -0.380 e. The molecule has 0 heterocycles. The second-order valence-electron chi connectivity index (χ2n) is 7.15. The number of aliphatic imine (C=N–C) groups is 1. The zero-order valence-electron chi connectivity index (χ0n) is 17.9. The normalized spacial score (nSPS) is 12.3. The molecule has 1 unspecified atom stereocenters. The first-order valence-electron chi connectivity index (χ1n) is 9.88. The largest absolute Gasteiger partial charge is 0.380 e. The molecule has 0 saturated heterocycles. The summed E-state index contributed by atoms with van der Waals surface area (Å²) in [4.78, 5) is 16.3. The van der Waals surface area contributed by atoms with Crippen molar-refractivity contribution in [3.05, 3.63) is 29.8 Å². The number of hydrogen-bond acceptors (Lipinski definition) is 3. The fourth-order valence-electron chi connectivity index (χ4n) is 2.28. The molecule has 0 aliphatic rings. The Balaban J connectivity index is 0.00000729. The smallest absolute Gasteiger partial charge is 0.227 e. The van der Waals surface area contributed by atoms with Crippen molar-refractivity contribution in [2.24, 2.45) is 16.8 Å². The van der Waals surface area contributed by atoms with Crippen molar-refractivity contribution in [3.63, 3.8) is 0 Å². The van der Waals surface area contributed by atoms with Crippen LogP contribution in [0.4, 0.5) is 5.69 Å². The van der Waals surface area contributed by atoms with Crippen LogP contribution >= 0.6 is 24.0 Å². The quantitative estimate of drug-likeness (QED) is 0.184. The van der Waals surface area contributed by atoms with Gasteiger partial charge in [-0.25, -0.2) is 0 Å². The highest BCUT2D eigenvalue weighted by atomic mass is 127. The SMILES string of the molecule is CCC(C)C(=O)Nc1cccc(CNC(=NC)NCCOCCC(C)C)c1.I. The van der Waals surface area contributed by atoms with Crippen molar-refractivity contribution < 1.29 is 9.53 Å². The van der Waals surface area contributed by atoms with E-state index in [9.17, 15) is 4.79 Å². The molecule has 1 amide bonds. The third-order valence-electron chi connectivity index (χ3n) is 4.32. The van der Waals surface area contributed by atoms with Gasteiger partial charge in [0.15, 0.2) is 5.96 Å². The third-order valence-corrected chi connectivity index (χ3v) is 4.32. The first-order chi connectivity index (χ1) is 13.0. The van der Waals surface area contributed by atoms with Gasteiger partial charge in [-0.15, -0.1) is 24.0 Å². The Hall–Kier alpha value is -1.35. The standard InChI is InChI=1S/C21H36N4O2.HI/c1-6-17(4)20(26)25-19-9-7-8-18(14-19)15-24-21(22-5)23-11-13-27-12-10-16(2)3;/h7-9,14,16-17H,6,10-13,15H2,1-5H3,(H,25,26)(H2,22,23,24);1H. The molecule has 0 aromatic heterocycles. The minimum atomic E-state index is 0. The predicted octanol–water partition coefficient (Wildman–Crippen LogP) is 4.02. The molecule has 6 nitrogen and oxygen atoms in total. The van der Waals surface area contributed by atoms with Crippen LogP contribution in [0, 0.1) is 11.8 Å². The van der Waals surface area contributed by atoms with Crippen LogP contribution in [-0.2, 0) is 16.1 Å². The second kappa shape index (κ2) is 15.6. The molecule has 1 aromatic carbocycles. The van der Waals surface area contributed by atoms with E-state index in [0.29, 0.717) is 25.6 Å². The van der Waals surface area contributed by atoms with Crippen LogP contribution in [0.15, 0.2) is 29.3 Å². The molecule has 0 spiro atoms. The van der Waals surface area contributed by atoms with E-state index in [0.717, 1.165) is 36.7 Å². The van der Waals surface area contributed by atoms with Crippen molar-refractivity contribution in [1.82, 2.24) is 10.6 Å². The molecule has 0 aliphatic heterocycles. The Kier molecular flexibility index (Phi) is 14.8. The molecular weight excluding hydrogens is 467 g/mol. The lowest BCUT2D eigenvalue weighted by Crippen LogP contribution is -2.38. The van der Waals surface area contributed by atoms with Gasteiger partial charge in [0.2, 0.25) is 5.91 Å². The van der Waals surface area contributed by atoms with E-state index < -0.39 is 0 Å². The summed E-state index contributed by atoms with van der Waals surface area (Å²) in [5.41, 5.74) is 1.90. The zero-order valence-corrected chi connectivity index (χ0v) is 20.2. The molecule has 1 rings (SSSR count). The number of rotatable bonds is 11. The molecule has 1 aromatic rings. The van der Waals surface area contributed by atoms with Gasteiger partial charge in [0.25, 0.3) is 0 Å². The molecule has 0 bridgehead atoms. The van der Waals surface area contributed by atoms with Crippen LogP contribution in [0.25, 0.3) is 0 Å². The number of amides is 1. The molecular formula is C21H37IN4O2. The highest BCUT2D eigenvalue weighted by Gasteiger charge is 2.10. The molecule has 160 valence electrons. The van der Waals surface area contributed by atoms with E-state index in [1.54, 1.807) is 7.05 Å². The van der Waals surface area contributed by atoms with E-state index in [4.69, 9.17) is 4.74 Å². The number of carbonyl (C=O) groups is 1. The lowest BCUT2D eigenvalue weighted by Gasteiger charge is -2.14. The summed E-state index contributed by atoms with van der Waals surface area (Å²) in [5.74, 6) is 1.46. The highest BCUT2D eigenvalue weighted by molar-refractivity contribution is 14.0. The monoisotopic (exact) mass is 504 g/mol. The van der Waals surface area contributed by atoms with Crippen LogP contribution in [0.3, 0.4) is 0 Å². The molecule has 0 radical (unpaired) electrons. The average Bonchev–Trinajstić information content (AvgIpc) is 2.66. The maximum Gasteiger partial charge on any atom is 0.227 e. The van der Waals surface area contributed by atoms with Crippen molar-refractivity contribution in [1.29, 1.82) is 0 Å². The minimum absolute atomic E-state index is 0. The predicted molar refractivity (Wildman–Crippen MR) is 128 cm³/mol.